The van der Waals surface area contributed by atoms with Crippen molar-refractivity contribution in [3.8, 4) is 0 Å². The number of amides is 1. The van der Waals surface area contributed by atoms with Crippen molar-refractivity contribution >= 4 is 15.7 Å². The first-order valence-electron chi connectivity index (χ1n) is 9.49. The second kappa shape index (κ2) is 8.25. The SMILES string of the molecule is CCCCN(C(=O)c1cnn(Cc2ccccc2)c1C)C1CCS(=O)(=O)C1. The van der Waals surface area contributed by atoms with Gasteiger partial charge in [-0.15, -0.1) is 0 Å². The summed E-state index contributed by atoms with van der Waals surface area (Å²) in [6.07, 6.45) is 3.95. The van der Waals surface area contributed by atoms with Crippen LogP contribution in [0.2, 0.25) is 0 Å². The van der Waals surface area contributed by atoms with Gasteiger partial charge in [-0.3, -0.25) is 9.48 Å². The van der Waals surface area contributed by atoms with E-state index in [1.54, 1.807) is 11.1 Å². The van der Waals surface area contributed by atoms with Crippen molar-refractivity contribution in [1.29, 1.82) is 0 Å². The zero-order valence-corrected chi connectivity index (χ0v) is 16.8. The van der Waals surface area contributed by atoms with Crippen molar-refractivity contribution < 1.29 is 13.2 Å². The normalized spacial score (nSPS) is 18.5. The third-order valence-corrected chi connectivity index (χ3v) is 6.92. The van der Waals surface area contributed by atoms with Crippen molar-refractivity contribution in [2.75, 3.05) is 18.1 Å². The number of nitrogens with zero attached hydrogens (tertiary/aromatic N) is 3. The standard InChI is InChI=1S/C20H27N3O3S/c1-3-4-11-22(18-10-12-27(25,26)15-18)20(24)19-13-21-23(16(19)2)14-17-8-6-5-7-9-17/h5-9,13,18H,3-4,10-12,14-15H2,1-2H3. The summed E-state index contributed by atoms with van der Waals surface area (Å²) in [5.41, 5.74) is 2.49. The van der Waals surface area contributed by atoms with E-state index in [4.69, 9.17) is 0 Å². The fourth-order valence-corrected chi connectivity index (χ4v) is 5.26. The number of benzene rings is 1. The molecule has 1 aromatic heterocycles. The first-order valence-corrected chi connectivity index (χ1v) is 11.3. The van der Waals surface area contributed by atoms with Gasteiger partial charge in [0.05, 0.1) is 29.8 Å². The number of sulfone groups is 1. The highest BCUT2D eigenvalue weighted by Gasteiger charge is 2.35. The summed E-state index contributed by atoms with van der Waals surface area (Å²) in [4.78, 5) is 15.0. The zero-order chi connectivity index (χ0) is 19.4. The average Bonchev–Trinajstić information content (AvgIpc) is 3.18. The molecule has 0 bridgehead atoms. The van der Waals surface area contributed by atoms with Gasteiger partial charge in [0.15, 0.2) is 9.84 Å². The number of hydrogen-bond donors (Lipinski definition) is 0. The molecular weight excluding hydrogens is 362 g/mol. The number of rotatable bonds is 7. The Morgan fingerprint density at radius 2 is 2.04 bits per heavy atom. The van der Waals surface area contributed by atoms with Crippen LogP contribution in [0.5, 0.6) is 0 Å². The van der Waals surface area contributed by atoms with Crippen LogP contribution in [-0.2, 0) is 16.4 Å². The molecule has 146 valence electrons. The van der Waals surface area contributed by atoms with Gasteiger partial charge in [-0.05, 0) is 25.3 Å². The maximum atomic E-state index is 13.2. The lowest BCUT2D eigenvalue weighted by atomic mass is 10.1. The van der Waals surface area contributed by atoms with Crippen LogP contribution in [0.15, 0.2) is 36.5 Å². The Morgan fingerprint density at radius 1 is 1.30 bits per heavy atom. The molecule has 1 fully saturated rings. The lowest BCUT2D eigenvalue weighted by Gasteiger charge is -2.28. The van der Waals surface area contributed by atoms with Crippen molar-refractivity contribution in [2.45, 2.75) is 45.7 Å². The fraction of sp³-hybridized carbons (Fsp3) is 0.500. The van der Waals surface area contributed by atoms with Crippen LogP contribution in [0.4, 0.5) is 0 Å². The average molecular weight is 390 g/mol. The summed E-state index contributed by atoms with van der Waals surface area (Å²) in [5.74, 6) is 0.127. The summed E-state index contributed by atoms with van der Waals surface area (Å²) in [7, 11) is -3.04. The molecule has 1 aromatic carbocycles. The summed E-state index contributed by atoms with van der Waals surface area (Å²) in [6.45, 7) is 5.15. The number of carbonyl (C=O) groups excluding carboxylic acids is 1. The Bertz CT molecular complexity index is 890. The molecule has 6 nitrogen and oxygen atoms in total. The van der Waals surface area contributed by atoms with E-state index < -0.39 is 9.84 Å². The smallest absolute Gasteiger partial charge is 0.257 e. The second-order valence-corrected chi connectivity index (χ2v) is 9.42. The summed E-state index contributed by atoms with van der Waals surface area (Å²) in [6, 6.07) is 9.75. The van der Waals surface area contributed by atoms with Crippen molar-refractivity contribution in [3.63, 3.8) is 0 Å². The number of unbranched alkanes of at least 4 members (excludes halogenated alkanes) is 1. The third kappa shape index (κ3) is 4.58. The van der Waals surface area contributed by atoms with E-state index in [1.165, 1.54) is 0 Å². The molecule has 7 heteroatoms. The molecule has 1 aliphatic heterocycles. The van der Waals surface area contributed by atoms with Crippen LogP contribution >= 0.6 is 0 Å². The Kier molecular flexibility index (Phi) is 5.99. The maximum absolute atomic E-state index is 13.2. The highest BCUT2D eigenvalue weighted by Crippen LogP contribution is 2.22. The second-order valence-electron chi connectivity index (χ2n) is 7.20. The quantitative estimate of drug-likeness (QED) is 0.730. The molecule has 3 rings (SSSR count). The van der Waals surface area contributed by atoms with E-state index in [-0.39, 0.29) is 23.5 Å². The minimum atomic E-state index is -3.04. The number of hydrogen-bond acceptors (Lipinski definition) is 4. The van der Waals surface area contributed by atoms with E-state index in [9.17, 15) is 13.2 Å². The van der Waals surface area contributed by atoms with Gasteiger partial charge in [-0.2, -0.15) is 5.10 Å². The summed E-state index contributed by atoms with van der Waals surface area (Å²) < 4.78 is 25.6. The molecule has 0 spiro atoms. The van der Waals surface area contributed by atoms with Crippen LogP contribution in [0.1, 0.15) is 47.8 Å². The first-order chi connectivity index (χ1) is 12.9. The van der Waals surface area contributed by atoms with E-state index in [0.29, 0.717) is 25.1 Å². The lowest BCUT2D eigenvalue weighted by Crippen LogP contribution is -2.42. The molecule has 1 saturated heterocycles. The van der Waals surface area contributed by atoms with E-state index in [0.717, 1.165) is 24.1 Å². The predicted octanol–water partition coefficient (Wildman–Crippen LogP) is 2.67. The Hall–Kier alpha value is -2.15. The molecule has 1 amide bonds. The molecule has 0 radical (unpaired) electrons. The predicted molar refractivity (Wildman–Crippen MR) is 106 cm³/mol. The fourth-order valence-electron chi connectivity index (χ4n) is 3.53. The summed E-state index contributed by atoms with van der Waals surface area (Å²) >= 11 is 0. The monoisotopic (exact) mass is 389 g/mol. The Balaban J connectivity index is 1.81. The van der Waals surface area contributed by atoms with E-state index in [1.807, 2.05) is 41.9 Å². The van der Waals surface area contributed by atoms with Gasteiger partial charge in [0.1, 0.15) is 0 Å². The van der Waals surface area contributed by atoms with Crippen molar-refractivity contribution in [3.05, 3.63) is 53.3 Å². The number of aromatic nitrogens is 2. The molecule has 0 aliphatic carbocycles. The lowest BCUT2D eigenvalue weighted by molar-refractivity contribution is 0.0693. The van der Waals surface area contributed by atoms with Crippen LogP contribution in [-0.4, -0.2) is 53.1 Å². The molecule has 27 heavy (non-hydrogen) atoms. The zero-order valence-electron chi connectivity index (χ0n) is 16.0. The minimum absolute atomic E-state index is 0.0691. The molecule has 0 saturated carbocycles. The van der Waals surface area contributed by atoms with Crippen LogP contribution in [0.3, 0.4) is 0 Å². The first kappa shape index (κ1) is 19.6. The van der Waals surface area contributed by atoms with Crippen molar-refractivity contribution in [1.82, 2.24) is 14.7 Å². The van der Waals surface area contributed by atoms with Gasteiger partial charge >= 0.3 is 0 Å². The molecular formula is C20H27N3O3S. The van der Waals surface area contributed by atoms with E-state index >= 15 is 0 Å². The van der Waals surface area contributed by atoms with Gasteiger partial charge in [-0.25, -0.2) is 8.42 Å². The molecule has 1 unspecified atom stereocenters. The highest BCUT2D eigenvalue weighted by molar-refractivity contribution is 7.91. The van der Waals surface area contributed by atoms with Crippen molar-refractivity contribution in [2.24, 2.45) is 0 Å². The van der Waals surface area contributed by atoms with Gasteiger partial charge in [0.25, 0.3) is 5.91 Å². The van der Waals surface area contributed by atoms with Crippen LogP contribution in [0, 0.1) is 6.92 Å². The van der Waals surface area contributed by atoms with Gasteiger partial charge in [0, 0.05) is 18.3 Å². The Morgan fingerprint density at radius 3 is 2.67 bits per heavy atom. The maximum Gasteiger partial charge on any atom is 0.257 e. The molecule has 2 heterocycles. The topological polar surface area (TPSA) is 72.3 Å². The minimum Gasteiger partial charge on any atom is -0.335 e. The Labute approximate surface area is 161 Å². The van der Waals surface area contributed by atoms with Gasteiger partial charge in [0.2, 0.25) is 0 Å². The van der Waals surface area contributed by atoms with Gasteiger partial charge < -0.3 is 4.90 Å². The third-order valence-electron chi connectivity index (χ3n) is 5.17. The molecule has 1 atom stereocenters. The summed E-state index contributed by atoms with van der Waals surface area (Å²) in [5, 5.41) is 4.40. The largest absolute Gasteiger partial charge is 0.335 e. The number of carbonyl (C=O) groups is 1. The molecule has 2 aromatic rings. The van der Waals surface area contributed by atoms with E-state index in [2.05, 4.69) is 12.0 Å². The molecule has 1 aliphatic rings. The van der Waals surface area contributed by atoms with Crippen LogP contribution in [0.25, 0.3) is 0 Å². The van der Waals surface area contributed by atoms with Gasteiger partial charge in [-0.1, -0.05) is 43.7 Å². The molecule has 0 N–H and O–H groups in total. The highest BCUT2D eigenvalue weighted by atomic mass is 32.2. The van der Waals surface area contributed by atoms with Crippen LogP contribution < -0.4 is 0 Å².